The van der Waals surface area contributed by atoms with E-state index in [9.17, 15) is 33.9 Å². The van der Waals surface area contributed by atoms with Crippen LogP contribution in [0, 0.1) is 0 Å². The molecule has 0 aliphatic carbocycles. The molecule has 5 amide bonds. The molecule has 1 atom stereocenters. The van der Waals surface area contributed by atoms with Crippen LogP contribution in [0.2, 0.25) is 0 Å². The number of carboxylic acids is 1. The van der Waals surface area contributed by atoms with Crippen LogP contribution in [0.4, 0.5) is 15.6 Å². The highest BCUT2D eigenvalue weighted by Crippen LogP contribution is 2.17. The van der Waals surface area contributed by atoms with Crippen LogP contribution < -0.4 is 26.6 Å². The molecule has 44 heavy (non-hydrogen) atoms. The molecule has 1 unspecified atom stereocenters. The van der Waals surface area contributed by atoms with E-state index in [0.29, 0.717) is 6.54 Å². The summed E-state index contributed by atoms with van der Waals surface area (Å²) in [6.45, 7) is 4.61. The van der Waals surface area contributed by atoms with Gasteiger partial charge in [0.1, 0.15) is 17.3 Å². The molecular weight excluding hydrogens is 592 g/mol. The fraction of sp³-hybridized carbons (Fsp3) is 0.276. The molecule has 0 saturated carbocycles. The number of aromatic carboxylic acids is 1. The van der Waals surface area contributed by atoms with Crippen molar-refractivity contribution in [3.63, 3.8) is 0 Å². The average molecular weight is 625 g/mol. The number of urea groups is 1. The summed E-state index contributed by atoms with van der Waals surface area (Å²) < 4.78 is 5.26. The van der Waals surface area contributed by atoms with Crippen molar-refractivity contribution < 1.29 is 38.6 Å². The molecule has 14 nitrogen and oxygen atoms in total. The Bertz CT molecular complexity index is 1520. The number of esters is 1. The fourth-order valence-electron chi connectivity index (χ4n) is 3.61. The number of nitrogens with zero attached hydrogens (tertiary/aromatic N) is 1. The number of aromatic nitrogens is 1. The molecule has 232 valence electrons. The molecule has 1 heterocycles. The monoisotopic (exact) mass is 624 g/mol. The number of thiazole rings is 1. The molecule has 0 spiro atoms. The van der Waals surface area contributed by atoms with Gasteiger partial charge in [0.05, 0.1) is 24.2 Å². The van der Waals surface area contributed by atoms with Gasteiger partial charge in [0.2, 0.25) is 11.8 Å². The van der Waals surface area contributed by atoms with Crippen LogP contribution in [0.3, 0.4) is 0 Å². The zero-order valence-corrected chi connectivity index (χ0v) is 24.9. The summed E-state index contributed by atoms with van der Waals surface area (Å²) in [6.07, 6.45) is -0.564. The van der Waals surface area contributed by atoms with Crippen LogP contribution in [0.25, 0.3) is 0 Å². The number of ether oxygens (including phenoxy) is 1. The van der Waals surface area contributed by atoms with Gasteiger partial charge in [-0.2, -0.15) is 0 Å². The summed E-state index contributed by atoms with van der Waals surface area (Å²) >= 11 is 1.00. The summed E-state index contributed by atoms with van der Waals surface area (Å²) in [4.78, 5) is 78.5. The Hall–Kier alpha value is -5.31. The number of hydrogen-bond acceptors (Lipinski definition) is 9. The Kier molecular flexibility index (Phi) is 11.5. The number of carboxylic acid groups (broad SMARTS) is 1. The number of carbonyl (C=O) groups excluding carboxylic acids is 5. The maximum absolute atomic E-state index is 13.0. The van der Waals surface area contributed by atoms with Gasteiger partial charge in [-0.3, -0.25) is 24.5 Å². The van der Waals surface area contributed by atoms with E-state index in [-0.39, 0.29) is 22.1 Å². The minimum absolute atomic E-state index is 0.0385. The topological polar surface area (TPSA) is 205 Å². The van der Waals surface area contributed by atoms with E-state index in [1.54, 1.807) is 20.8 Å². The van der Waals surface area contributed by atoms with Crippen molar-refractivity contribution in [3.8, 4) is 0 Å². The minimum Gasteiger partial charge on any atom is -0.478 e. The zero-order valence-electron chi connectivity index (χ0n) is 24.1. The molecule has 1 aromatic heterocycles. The third-order valence-corrected chi connectivity index (χ3v) is 6.28. The highest BCUT2D eigenvalue weighted by atomic mass is 32.1. The Morgan fingerprint density at radius 2 is 1.61 bits per heavy atom. The summed E-state index contributed by atoms with van der Waals surface area (Å²) in [5.41, 5.74) is -0.259. The molecule has 0 bridgehead atoms. The number of carbonyl (C=O) groups is 6. The number of amides is 5. The van der Waals surface area contributed by atoms with E-state index >= 15 is 0 Å². The van der Waals surface area contributed by atoms with Crippen LogP contribution in [0.5, 0.6) is 0 Å². The van der Waals surface area contributed by atoms with Gasteiger partial charge in [0.15, 0.2) is 5.13 Å². The number of nitrogens with one attached hydrogen (secondary N) is 5. The van der Waals surface area contributed by atoms with E-state index < -0.39 is 60.3 Å². The Morgan fingerprint density at radius 1 is 0.932 bits per heavy atom. The molecule has 0 saturated heterocycles. The highest BCUT2D eigenvalue weighted by molar-refractivity contribution is 7.14. The average Bonchev–Trinajstić information content (AvgIpc) is 3.42. The second-order valence-corrected chi connectivity index (χ2v) is 11.1. The lowest BCUT2D eigenvalue weighted by Gasteiger charge is -2.23. The first-order valence-corrected chi connectivity index (χ1v) is 14.2. The molecule has 6 N–H and O–H groups in total. The van der Waals surface area contributed by atoms with E-state index in [0.717, 1.165) is 16.9 Å². The third-order valence-electron chi connectivity index (χ3n) is 5.52. The number of anilines is 2. The van der Waals surface area contributed by atoms with Gasteiger partial charge in [-0.05, 0) is 38.5 Å². The van der Waals surface area contributed by atoms with Crippen molar-refractivity contribution in [2.24, 2.45) is 0 Å². The van der Waals surface area contributed by atoms with E-state index in [1.807, 2.05) is 30.3 Å². The van der Waals surface area contributed by atoms with Crippen LogP contribution >= 0.6 is 11.3 Å². The second-order valence-electron chi connectivity index (χ2n) is 10.3. The number of hydrogen-bond donors (Lipinski definition) is 6. The molecule has 0 aliphatic rings. The van der Waals surface area contributed by atoms with Gasteiger partial charge in [0.25, 0.3) is 5.91 Å². The van der Waals surface area contributed by atoms with Crippen molar-refractivity contribution in [1.29, 1.82) is 0 Å². The highest BCUT2D eigenvalue weighted by Gasteiger charge is 2.28. The molecule has 0 aliphatic heterocycles. The second kappa shape index (κ2) is 15.2. The first kappa shape index (κ1) is 33.2. The number of para-hydroxylation sites is 1. The standard InChI is InChI=1S/C29H32N6O8S/c1-29(2,3)43-23(37)13-20(25(39)33-19-12-8-7-11-18(19)26(40)41)32-22(36)15-30-24(38)21-16-44-28(34-21)35-27(42)31-14-17-9-5-4-6-10-17/h4-12,16,20H,13-15H2,1-3H3,(H,30,38)(H,32,36)(H,33,39)(H,40,41)(H2,31,34,35,42). The van der Waals surface area contributed by atoms with Gasteiger partial charge < -0.3 is 31.1 Å². The summed E-state index contributed by atoms with van der Waals surface area (Å²) in [5, 5.41) is 23.3. The maximum atomic E-state index is 13.0. The predicted molar refractivity (Wildman–Crippen MR) is 161 cm³/mol. The van der Waals surface area contributed by atoms with Gasteiger partial charge in [0, 0.05) is 11.9 Å². The third kappa shape index (κ3) is 10.8. The van der Waals surface area contributed by atoms with Crippen molar-refractivity contribution in [2.75, 3.05) is 17.2 Å². The number of rotatable bonds is 12. The summed E-state index contributed by atoms with van der Waals surface area (Å²) in [5.74, 6) is -4.49. The first-order chi connectivity index (χ1) is 20.8. The van der Waals surface area contributed by atoms with Crippen molar-refractivity contribution in [1.82, 2.24) is 20.9 Å². The summed E-state index contributed by atoms with van der Waals surface area (Å²) in [6, 6.07) is 12.9. The van der Waals surface area contributed by atoms with E-state index in [2.05, 4.69) is 31.6 Å². The quantitative estimate of drug-likeness (QED) is 0.164. The molecule has 3 rings (SSSR count). The lowest BCUT2D eigenvalue weighted by molar-refractivity contribution is -0.156. The molecule has 15 heteroatoms. The molecule has 3 aromatic rings. The first-order valence-electron chi connectivity index (χ1n) is 13.3. The van der Waals surface area contributed by atoms with Crippen LogP contribution in [-0.2, 0) is 25.7 Å². The predicted octanol–water partition coefficient (Wildman–Crippen LogP) is 2.75. The van der Waals surface area contributed by atoms with Crippen molar-refractivity contribution in [2.45, 2.75) is 45.4 Å². The molecule has 0 radical (unpaired) electrons. The van der Waals surface area contributed by atoms with Crippen LogP contribution in [-0.4, -0.2) is 64.0 Å². The van der Waals surface area contributed by atoms with Crippen molar-refractivity contribution in [3.05, 3.63) is 76.8 Å². The molecular formula is C29H32N6O8S. The van der Waals surface area contributed by atoms with E-state index in [4.69, 9.17) is 4.74 Å². The molecule has 2 aromatic carbocycles. The Balaban J connectivity index is 1.57. The smallest absolute Gasteiger partial charge is 0.337 e. The van der Waals surface area contributed by atoms with Gasteiger partial charge in [-0.25, -0.2) is 14.6 Å². The van der Waals surface area contributed by atoms with Crippen LogP contribution in [0.15, 0.2) is 60.0 Å². The van der Waals surface area contributed by atoms with E-state index in [1.165, 1.54) is 29.6 Å². The minimum atomic E-state index is -1.46. The SMILES string of the molecule is CC(C)(C)OC(=O)CC(NC(=O)CNC(=O)c1csc(NC(=O)NCc2ccccc2)n1)C(=O)Nc1ccccc1C(=O)O. The zero-order chi connectivity index (χ0) is 32.3. The van der Waals surface area contributed by atoms with Gasteiger partial charge in [-0.1, -0.05) is 42.5 Å². The Morgan fingerprint density at radius 3 is 2.30 bits per heavy atom. The van der Waals surface area contributed by atoms with Gasteiger partial charge >= 0.3 is 18.0 Å². The lowest BCUT2D eigenvalue weighted by Crippen LogP contribution is -2.49. The normalized spacial score (nSPS) is 11.4. The van der Waals surface area contributed by atoms with Gasteiger partial charge in [-0.15, -0.1) is 11.3 Å². The number of benzene rings is 2. The largest absolute Gasteiger partial charge is 0.478 e. The van der Waals surface area contributed by atoms with Crippen molar-refractivity contribution >= 4 is 57.8 Å². The molecule has 0 fully saturated rings. The Labute approximate surface area is 256 Å². The van der Waals surface area contributed by atoms with Crippen LogP contribution in [0.1, 0.15) is 53.6 Å². The lowest BCUT2D eigenvalue weighted by atomic mass is 10.1. The summed E-state index contributed by atoms with van der Waals surface area (Å²) in [7, 11) is 0. The maximum Gasteiger partial charge on any atom is 0.337 e. The fourth-order valence-corrected chi connectivity index (χ4v) is 4.29.